The number of benzene rings is 1. The van der Waals surface area contributed by atoms with E-state index < -0.39 is 11.9 Å². The molecule has 194 valence electrons. The molecule has 5 fully saturated rings. The van der Waals surface area contributed by atoms with Crippen molar-refractivity contribution in [3.8, 4) is 5.75 Å². The Morgan fingerprint density at radius 1 is 1.08 bits per heavy atom. The number of thiazole rings is 1. The van der Waals surface area contributed by atoms with Crippen molar-refractivity contribution < 1.29 is 19.1 Å². The molecule has 6 aliphatic rings. The molecule has 0 radical (unpaired) electrons. The maximum Gasteiger partial charge on any atom is 0.255 e. The van der Waals surface area contributed by atoms with Gasteiger partial charge in [0.15, 0.2) is 0 Å². The highest BCUT2D eigenvalue weighted by atomic mass is 32.1. The Kier molecular flexibility index (Phi) is 5.81. The van der Waals surface area contributed by atoms with E-state index in [9.17, 15) is 14.4 Å². The third kappa shape index (κ3) is 4.26. The molecular weight excluding hydrogens is 488 g/mol. The van der Waals surface area contributed by atoms with E-state index in [1.807, 2.05) is 12.1 Å². The standard InChI is InChI=1S/C28H32N4O4S/c33-24-5-4-22(27(34)31-24)32-12-21-20(28(32)35)2-1-3-23(21)36-13-25-30-19(14-37-25)11-29-26-17-7-15-6-16(9-17)10-18(26)8-15/h1-3,14-18,22,26,29H,4-13H2,(H,31,33,34). The van der Waals surface area contributed by atoms with Crippen LogP contribution in [-0.2, 0) is 29.3 Å². The minimum absolute atomic E-state index is 0.192. The lowest BCUT2D eigenvalue weighted by Gasteiger charge is -2.54. The number of carbonyl (C=O) groups is 3. The number of aromatic nitrogens is 1. The monoisotopic (exact) mass is 520 g/mol. The highest BCUT2D eigenvalue weighted by Gasteiger charge is 2.48. The van der Waals surface area contributed by atoms with Crippen LogP contribution < -0.4 is 15.4 Å². The van der Waals surface area contributed by atoms with Gasteiger partial charge in [0.25, 0.3) is 5.91 Å². The van der Waals surface area contributed by atoms with E-state index in [0.29, 0.717) is 36.9 Å². The molecule has 4 saturated carbocycles. The number of imide groups is 1. The fourth-order valence-electron chi connectivity index (χ4n) is 7.81. The number of amides is 3. The fraction of sp³-hybridized carbons (Fsp3) is 0.571. The van der Waals surface area contributed by atoms with Crippen LogP contribution >= 0.6 is 11.3 Å². The molecule has 1 saturated heterocycles. The van der Waals surface area contributed by atoms with Crippen molar-refractivity contribution >= 4 is 29.1 Å². The van der Waals surface area contributed by atoms with Gasteiger partial charge in [-0.1, -0.05) is 6.07 Å². The van der Waals surface area contributed by atoms with Crippen LogP contribution in [0.3, 0.4) is 0 Å². The molecule has 37 heavy (non-hydrogen) atoms. The van der Waals surface area contributed by atoms with Gasteiger partial charge in [-0.2, -0.15) is 0 Å². The second-order valence-electron chi connectivity index (χ2n) is 11.5. The molecule has 1 aromatic heterocycles. The largest absolute Gasteiger partial charge is 0.486 e. The maximum atomic E-state index is 13.0. The summed E-state index contributed by atoms with van der Waals surface area (Å²) < 4.78 is 6.14. The topological polar surface area (TPSA) is 101 Å². The van der Waals surface area contributed by atoms with Gasteiger partial charge in [-0.15, -0.1) is 11.3 Å². The van der Waals surface area contributed by atoms with Gasteiger partial charge in [0.05, 0.1) is 12.2 Å². The van der Waals surface area contributed by atoms with Gasteiger partial charge in [-0.25, -0.2) is 4.98 Å². The highest BCUT2D eigenvalue weighted by molar-refractivity contribution is 7.09. The molecule has 1 unspecified atom stereocenters. The zero-order valence-electron chi connectivity index (χ0n) is 20.8. The van der Waals surface area contributed by atoms with Gasteiger partial charge >= 0.3 is 0 Å². The average Bonchev–Trinajstić information content (AvgIpc) is 3.46. The summed E-state index contributed by atoms with van der Waals surface area (Å²) >= 11 is 1.60. The average molecular weight is 521 g/mol. The number of rotatable bonds is 7. The molecule has 4 aliphatic carbocycles. The molecule has 2 aromatic rings. The molecule has 1 aromatic carbocycles. The Balaban J connectivity index is 0.973. The minimum atomic E-state index is -0.631. The van der Waals surface area contributed by atoms with Crippen molar-refractivity contribution in [2.45, 2.75) is 76.7 Å². The van der Waals surface area contributed by atoms with E-state index in [1.54, 1.807) is 22.3 Å². The summed E-state index contributed by atoms with van der Waals surface area (Å²) in [5.74, 6) is 3.42. The zero-order chi connectivity index (χ0) is 25.1. The number of carbonyl (C=O) groups excluding carboxylic acids is 3. The second-order valence-corrected chi connectivity index (χ2v) is 12.5. The Labute approximate surface area is 220 Å². The summed E-state index contributed by atoms with van der Waals surface area (Å²) in [4.78, 5) is 43.3. The van der Waals surface area contributed by atoms with Crippen molar-refractivity contribution in [1.82, 2.24) is 20.5 Å². The van der Waals surface area contributed by atoms with E-state index in [0.717, 1.165) is 46.5 Å². The summed E-state index contributed by atoms with van der Waals surface area (Å²) in [6.07, 6.45) is 7.70. The summed E-state index contributed by atoms with van der Waals surface area (Å²) in [6.45, 7) is 1.44. The highest BCUT2D eigenvalue weighted by Crippen LogP contribution is 2.53. The summed E-state index contributed by atoms with van der Waals surface area (Å²) in [5, 5.41) is 9.23. The molecular formula is C28H32N4O4S. The number of nitrogens with zero attached hydrogens (tertiary/aromatic N) is 2. The van der Waals surface area contributed by atoms with Crippen LogP contribution in [0.1, 0.15) is 71.6 Å². The molecule has 2 N–H and O–H groups in total. The number of piperidine rings is 1. The first kappa shape index (κ1) is 23.3. The van der Waals surface area contributed by atoms with Crippen molar-refractivity contribution in [2.75, 3.05) is 0 Å². The smallest absolute Gasteiger partial charge is 0.255 e. The first-order chi connectivity index (χ1) is 18.0. The molecule has 8 rings (SSSR count). The lowest BCUT2D eigenvalue weighted by molar-refractivity contribution is -0.136. The second kappa shape index (κ2) is 9.20. The summed E-state index contributed by atoms with van der Waals surface area (Å²) in [5.41, 5.74) is 2.41. The van der Waals surface area contributed by atoms with E-state index in [1.165, 1.54) is 32.1 Å². The molecule has 3 heterocycles. The van der Waals surface area contributed by atoms with Gasteiger partial charge in [0.1, 0.15) is 23.4 Å². The molecule has 1 atom stereocenters. The van der Waals surface area contributed by atoms with Crippen LogP contribution in [0.25, 0.3) is 0 Å². The third-order valence-electron chi connectivity index (χ3n) is 9.24. The van der Waals surface area contributed by atoms with Crippen LogP contribution in [0.2, 0.25) is 0 Å². The Bertz CT molecular complexity index is 1230. The molecule has 4 bridgehead atoms. The first-order valence-corrected chi connectivity index (χ1v) is 14.5. The maximum absolute atomic E-state index is 13.0. The van der Waals surface area contributed by atoms with Crippen molar-refractivity contribution in [2.24, 2.45) is 23.7 Å². The Morgan fingerprint density at radius 2 is 1.86 bits per heavy atom. The lowest BCUT2D eigenvalue weighted by Crippen LogP contribution is -2.54. The van der Waals surface area contributed by atoms with E-state index in [-0.39, 0.29) is 18.2 Å². The number of fused-ring (bicyclic) bond motifs is 1. The molecule has 9 heteroatoms. The zero-order valence-corrected chi connectivity index (χ0v) is 21.6. The van der Waals surface area contributed by atoms with Crippen LogP contribution in [-0.4, -0.2) is 39.7 Å². The van der Waals surface area contributed by atoms with E-state index in [2.05, 4.69) is 16.0 Å². The Morgan fingerprint density at radius 3 is 2.62 bits per heavy atom. The normalized spacial score (nSPS) is 32.1. The van der Waals surface area contributed by atoms with Gasteiger partial charge in [-0.05, 0) is 74.3 Å². The predicted molar refractivity (Wildman–Crippen MR) is 137 cm³/mol. The Hall–Kier alpha value is -2.78. The van der Waals surface area contributed by atoms with Crippen LogP contribution in [0.5, 0.6) is 5.75 Å². The number of ether oxygens (including phenoxy) is 1. The lowest BCUT2D eigenvalue weighted by atomic mass is 9.54. The van der Waals surface area contributed by atoms with Gasteiger partial charge in [0.2, 0.25) is 11.8 Å². The summed E-state index contributed by atoms with van der Waals surface area (Å²) in [7, 11) is 0. The van der Waals surface area contributed by atoms with Gasteiger partial charge < -0.3 is 15.0 Å². The van der Waals surface area contributed by atoms with Crippen molar-refractivity contribution in [3.63, 3.8) is 0 Å². The van der Waals surface area contributed by atoms with E-state index in [4.69, 9.17) is 9.72 Å². The molecule has 2 aliphatic heterocycles. The predicted octanol–water partition coefficient (Wildman–Crippen LogP) is 3.40. The summed E-state index contributed by atoms with van der Waals surface area (Å²) in [6, 6.07) is 5.46. The van der Waals surface area contributed by atoms with Crippen molar-refractivity contribution in [3.05, 3.63) is 45.4 Å². The first-order valence-electron chi connectivity index (χ1n) is 13.6. The SMILES string of the molecule is O=C1CCC(N2Cc3c(OCc4nc(CNC5C6CC7CC(C6)CC5C7)cs4)cccc3C2=O)C(=O)N1. The quantitative estimate of drug-likeness (QED) is 0.543. The van der Waals surface area contributed by atoms with Crippen LogP contribution in [0.4, 0.5) is 0 Å². The van der Waals surface area contributed by atoms with Crippen LogP contribution in [0.15, 0.2) is 23.6 Å². The van der Waals surface area contributed by atoms with Crippen LogP contribution in [0, 0.1) is 23.7 Å². The molecule has 0 spiro atoms. The molecule has 8 nitrogen and oxygen atoms in total. The van der Waals surface area contributed by atoms with Crippen molar-refractivity contribution in [1.29, 1.82) is 0 Å². The minimum Gasteiger partial charge on any atom is -0.486 e. The number of hydrogen-bond acceptors (Lipinski definition) is 7. The molecule has 3 amide bonds. The number of nitrogens with one attached hydrogen (secondary N) is 2. The van der Waals surface area contributed by atoms with E-state index >= 15 is 0 Å². The third-order valence-corrected chi connectivity index (χ3v) is 10.1. The van der Waals surface area contributed by atoms with Gasteiger partial charge in [-0.3, -0.25) is 19.7 Å². The number of hydrogen-bond donors (Lipinski definition) is 2. The fourth-order valence-corrected chi connectivity index (χ4v) is 8.51. The van der Waals surface area contributed by atoms with Gasteiger partial charge in [0, 0.05) is 35.5 Å².